The molecule has 0 unspecified atom stereocenters. The highest BCUT2D eigenvalue weighted by Gasteiger charge is 2.22. The third-order valence-corrected chi connectivity index (χ3v) is 7.83. The van der Waals surface area contributed by atoms with Gasteiger partial charge in [-0.25, -0.2) is 4.57 Å². The van der Waals surface area contributed by atoms with Crippen molar-refractivity contribution in [2.24, 2.45) is 5.92 Å². The second-order valence-corrected chi connectivity index (χ2v) is 13.9. The number of rotatable bonds is 31. The van der Waals surface area contributed by atoms with E-state index in [9.17, 15) is 24.4 Å². The summed E-state index contributed by atoms with van der Waals surface area (Å²) in [4.78, 5) is 42.6. The van der Waals surface area contributed by atoms with E-state index >= 15 is 0 Å². The van der Waals surface area contributed by atoms with Gasteiger partial charge in [0.05, 0.1) is 18.8 Å². The van der Waals surface area contributed by atoms with E-state index in [0.717, 1.165) is 31.6 Å². The van der Waals surface area contributed by atoms with Crippen LogP contribution in [0.4, 0.5) is 0 Å². The molecule has 0 aromatic carbocycles. The van der Waals surface area contributed by atoms with Gasteiger partial charge in [0, 0.05) is 12.8 Å². The number of carbonyl (C=O) groups is 2. The summed E-state index contributed by atoms with van der Waals surface area (Å²) in [5.74, 6) is -0.310. The molecule has 0 amide bonds. The molecule has 0 aliphatic heterocycles. The van der Waals surface area contributed by atoms with Crippen LogP contribution in [0, 0.1) is 5.92 Å². The number of allylic oxidation sites excluding steroid dienone is 8. The first-order chi connectivity index (χ1) is 23.9. The molecule has 0 saturated carbocycles. The van der Waals surface area contributed by atoms with E-state index in [4.69, 9.17) is 19.3 Å². The molecular weight excluding hydrogens is 659 g/mol. The van der Waals surface area contributed by atoms with Gasteiger partial charge >= 0.3 is 19.8 Å². The van der Waals surface area contributed by atoms with Crippen LogP contribution in [-0.4, -0.2) is 63.5 Å². The molecule has 0 saturated heterocycles. The molecule has 286 valence electrons. The van der Waals surface area contributed by atoms with Gasteiger partial charge in [-0.1, -0.05) is 145 Å². The highest BCUT2D eigenvalue weighted by atomic mass is 31.2. The largest absolute Gasteiger partial charge is 0.469 e. The fraction of sp³-hybridized carbons (Fsp3) is 0.641. The van der Waals surface area contributed by atoms with Gasteiger partial charge in [0.1, 0.15) is 6.61 Å². The number of carbonyl (C=O) groups excluding carboxylic acids is 2. The van der Waals surface area contributed by atoms with Gasteiger partial charge in [0.2, 0.25) is 0 Å². The van der Waals surface area contributed by atoms with Crippen molar-refractivity contribution >= 4 is 19.8 Å². The van der Waals surface area contributed by atoms with Crippen LogP contribution >= 0.6 is 7.82 Å². The Balaban J connectivity index is 4.26. The first-order valence-electron chi connectivity index (χ1n) is 18.3. The number of phosphoric acid groups is 1. The SMILES string of the molecule is CC/C=C\C[C@@H](O)/C=C/C=C\C=C\[C@@H](O)C/C=C\C/C=C\CCC(=O)OC[C@H](COP(=O)(O)O)OC(=O)CCCCCCCCCCC(C)C. The van der Waals surface area contributed by atoms with Crippen LogP contribution in [0.25, 0.3) is 0 Å². The number of hydrogen-bond acceptors (Lipinski definition) is 8. The van der Waals surface area contributed by atoms with Crippen LogP contribution in [0.5, 0.6) is 0 Å². The van der Waals surface area contributed by atoms with Crippen LogP contribution in [-0.2, 0) is 28.2 Å². The molecule has 0 aliphatic rings. The number of aliphatic hydroxyl groups excluding tert-OH is 2. The van der Waals surface area contributed by atoms with E-state index in [1.54, 1.807) is 36.5 Å². The molecule has 0 fully saturated rings. The standard InChI is InChI=1S/C39H65O10P/c1-4-5-18-26-35(40)28-21-16-17-22-29-36(41)27-20-13-10-11-14-23-30-38(42)47-32-37(33-48-50(44,45)46)49-39(43)31-24-15-9-7-6-8-12-19-25-34(2)3/h5,11,13-14,16-18,20-22,28-29,34-37,40-41H,4,6-10,12,15,19,23-27,30-33H2,1-3H3,(H2,44,45,46)/b14-11-,17-16-,18-5-,20-13-,28-21+,29-22+/t35-,36+,37-/m1/s1. The molecule has 0 aromatic rings. The second-order valence-electron chi connectivity index (χ2n) is 12.7. The predicted octanol–water partition coefficient (Wildman–Crippen LogP) is 8.53. The normalized spacial score (nSPS) is 14.7. The summed E-state index contributed by atoms with van der Waals surface area (Å²) in [6, 6.07) is 0. The lowest BCUT2D eigenvalue weighted by Crippen LogP contribution is -2.29. The summed E-state index contributed by atoms with van der Waals surface area (Å²) in [6.45, 7) is 5.58. The first-order valence-corrected chi connectivity index (χ1v) is 19.8. The Morgan fingerprint density at radius 3 is 1.82 bits per heavy atom. The minimum Gasteiger partial charge on any atom is -0.462 e. The van der Waals surface area contributed by atoms with E-state index in [1.807, 2.05) is 43.4 Å². The van der Waals surface area contributed by atoms with Crippen LogP contribution in [0.2, 0.25) is 0 Å². The lowest BCUT2D eigenvalue weighted by molar-refractivity contribution is -0.161. The lowest BCUT2D eigenvalue weighted by Gasteiger charge is -2.18. The maximum Gasteiger partial charge on any atom is 0.469 e. The monoisotopic (exact) mass is 724 g/mol. The average Bonchev–Trinajstić information content (AvgIpc) is 3.05. The van der Waals surface area contributed by atoms with Crippen LogP contribution < -0.4 is 0 Å². The Bertz CT molecular complexity index is 1090. The second kappa shape index (κ2) is 32.3. The Morgan fingerprint density at radius 1 is 0.680 bits per heavy atom. The van der Waals surface area contributed by atoms with Crippen molar-refractivity contribution in [2.45, 2.75) is 142 Å². The Labute approximate surface area is 301 Å². The molecule has 50 heavy (non-hydrogen) atoms. The lowest BCUT2D eigenvalue weighted by atomic mass is 10.0. The van der Waals surface area contributed by atoms with Crippen molar-refractivity contribution in [3.63, 3.8) is 0 Å². The number of unbranched alkanes of at least 4 members (excludes halogenated alkanes) is 7. The zero-order valence-corrected chi connectivity index (χ0v) is 31.5. The summed E-state index contributed by atoms with van der Waals surface area (Å²) >= 11 is 0. The molecular formula is C39H65O10P. The van der Waals surface area contributed by atoms with E-state index in [2.05, 4.69) is 18.4 Å². The summed E-state index contributed by atoms with van der Waals surface area (Å²) in [7, 11) is -4.79. The number of esters is 2. The third-order valence-electron chi connectivity index (χ3n) is 7.35. The van der Waals surface area contributed by atoms with Crippen LogP contribution in [0.3, 0.4) is 0 Å². The highest BCUT2D eigenvalue weighted by molar-refractivity contribution is 7.46. The van der Waals surface area contributed by atoms with Crippen molar-refractivity contribution in [3.05, 3.63) is 72.9 Å². The summed E-state index contributed by atoms with van der Waals surface area (Å²) in [5, 5.41) is 19.8. The van der Waals surface area contributed by atoms with Gasteiger partial charge in [-0.2, -0.15) is 0 Å². The zero-order valence-electron chi connectivity index (χ0n) is 30.7. The number of ether oxygens (including phenoxy) is 2. The minimum atomic E-state index is -4.79. The van der Waals surface area contributed by atoms with Crippen molar-refractivity contribution in [1.82, 2.24) is 0 Å². The number of aliphatic hydroxyl groups is 2. The van der Waals surface area contributed by atoms with Gasteiger partial charge in [-0.05, 0) is 44.4 Å². The molecule has 0 radical (unpaired) electrons. The molecule has 10 nitrogen and oxygen atoms in total. The van der Waals surface area contributed by atoms with Gasteiger partial charge in [0.15, 0.2) is 6.10 Å². The Morgan fingerprint density at radius 2 is 1.24 bits per heavy atom. The molecule has 0 bridgehead atoms. The van der Waals surface area contributed by atoms with Crippen molar-refractivity contribution < 1.29 is 48.2 Å². The van der Waals surface area contributed by atoms with Crippen molar-refractivity contribution in [2.75, 3.05) is 13.2 Å². The number of phosphoric ester groups is 1. The number of hydrogen-bond donors (Lipinski definition) is 4. The first kappa shape index (κ1) is 47.4. The molecule has 0 aliphatic carbocycles. The quantitative estimate of drug-likeness (QED) is 0.0179. The van der Waals surface area contributed by atoms with Crippen LogP contribution in [0.1, 0.15) is 124 Å². The fourth-order valence-corrected chi connectivity index (χ4v) is 4.94. The average molecular weight is 725 g/mol. The topological polar surface area (TPSA) is 160 Å². The van der Waals surface area contributed by atoms with Gasteiger partial charge < -0.3 is 29.5 Å². The molecule has 0 aromatic heterocycles. The van der Waals surface area contributed by atoms with Crippen molar-refractivity contribution in [3.8, 4) is 0 Å². The Hall–Kier alpha value is -2.59. The van der Waals surface area contributed by atoms with Crippen molar-refractivity contribution in [1.29, 1.82) is 0 Å². The van der Waals surface area contributed by atoms with Crippen LogP contribution in [0.15, 0.2) is 72.9 Å². The fourth-order valence-electron chi connectivity index (χ4n) is 4.58. The predicted molar refractivity (Wildman–Crippen MR) is 200 cm³/mol. The maximum absolute atomic E-state index is 12.3. The molecule has 11 heteroatoms. The minimum absolute atomic E-state index is 0.0824. The van der Waals surface area contributed by atoms with Gasteiger partial charge in [-0.15, -0.1) is 0 Å². The molecule has 0 spiro atoms. The molecule has 0 rings (SSSR count). The summed E-state index contributed by atoms with van der Waals surface area (Å²) in [5.41, 5.74) is 0. The third kappa shape index (κ3) is 35.2. The zero-order chi connectivity index (χ0) is 37.3. The van der Waals surface area contributed by atoms with E-state index < -0.39 is 44.7 Å². The van der Waals surface area contributed by atoms with Gasteiger partial charge in [-0.3, -0.25) is 14.1 Å². The maximum atomic E-state index is 12.3. The molecule has 3 atom stereocenters. The van der Waals surface area contributed by atoms with E-state index in [0.29, 0.717) is 32.1 Å². The van der Waals surface area contributed by atoms with E-state index in [1.165, 1.54) is 32.1 Å². The summed E-state index contributed by atoms with van der Waals surface area (Å²) in [6.07, 6.45) is 32.9. The molecule has 0 heterocycles. The molecule has 4 N–H and O–H groups in total. The smallest absolute Gasteiger partial charge is 0.462 e. The van der Waals surface area contributed by atoms with Gasteiger partial charge in [0.25, 0.3) is 0 Å². The summed E-state index contributed by atoms with van der Waals surface area (Å²) < 4.78 is 26.1. The van der Waals surface area contributed by atoms with E-state index in [-0.39, 0.29) is 19.4 Å². The highest BCUT2D eigenvalue weighted by Crippen LogP contribution is 2.36. The Kier molecular flexibility index (Phi) is 30.7.